The van der Waals surface area contributed by atoms with E-state index in [1.807, 2.05) is 20.8 Å². The molecule has 0 unspecified atom stereocenters. The van der Waals surface area contributed by atoms with Crippen LogP contribution in [0.2, 0.25) is 0 Å². The molecule has 0 aliphatic carbocycles. The van der Waals surface area contributed by atoms with E-state index in [2.05, 4.69) is 5.16 Å². The van der Waals surface area contributed by atoms with E-state index in [1.165, 1.54) is 12.1 Å². The lowest BCUT2D eigenvalue weighted by molar-refractivity contribution is 0.0123. The Morgan fingerprint density at radius 3 is 2.39 bits per heavy atom. The lowest BCUT2D eigenvalue weighted by atomic mass is 10.1. The number of nitrogens with zero attached hydrogens (tertiary/aromatic N) is 1. The fraction of sp³-hybridized carbons (Fsp3) is 0.417. The van der Waals surface area contributed by atoms with Crippen molar-refractivity contribution in [3.05, 3.63) is 29.8 Å². The molecule has 0 aromatic heterocycles. The first kappa shape index (κ1) is 12.9. The quantitative estimate of drug-likeness (QED) is 0.772. The van der Waals surface area contributed by atoms with Gasteiger partial charge in [-0.05, 0) is 38.1 Å². The molecule has 0 saturated heterocycles. The number of rotatable bonds is 2. The van der Waals surface area contributed by atoms with Gasteiger partial charge < -0.3 is 9.02 Å². The van der Waals surface area contributed by atoms with Gasteiger partial charge in [-0.25, -0.2) is 0 Å². The standard InChI is InChI=1S/C12H15NO4S/c1-9-4-6-10(7-5-9)18(14,15)16-11-8-12(2,3)17-13-11/h4-7H,8H2,1-3H3. The topological polar surface area (TPSA) is 65.0 Å². The average molecular weight is 269 g/mol. The van der Waals surface area contributed by atoms with Gasteiger partial charge in [-0.2, -0.15) is 8.42 Å². The molecule has 0 amide bonds. The first-order valence-electron chi connectivity index (χ1n) is 5.55. The first-order valence-corrected chi connectivity index (χ1v) is 6.96. The van der Waals surface area contributed by atoms with Crippen molar-refractivity contribution in [1.29, 1.82) is 0 Å². The van der Waals surface area contributed by atoms with Gasteiger partial charge in [0.1, 0.15) is 10.5 Å². The predicted octanol–water partition coefficient (Wildman–Crippen LogP) is 2.21. The molecule has 5 nitrogen and oxygen atoms in total. The van der Waals surface area contributed by atoms with Crippen molar-refractivity contribution >= 4 is 16.0 Å². The SMILES string of the molecule is Cc1ccc(S(=O)(=O)OC2=NOC(C)(C)C2)cc1. The van der Waals surface area contributed by atoms with Crippen molar-refractivity contribution in [2.45, 2.75) is 37.7 Å². The molecule has 1 aromatic carbocycles. The van der Waals surface area contributed by atoms with Gasteiger partial charge in [0.2, 0.25) is 5.90 Å². The minimum atomic E-state index is -3.82. The van der Waals surface area contributed by atoms with Crippen molar-refractivity contribution in [3.63, 3.8) is 0 Å². The van der Waals surface area contributed by atoms with Crippen LogP contribution in [0, 0.1) is 6.92 Å². The van der Waals surface area contributed by atoms with E-state index >= 15 is 0 Å². The highest BCUT2D eigenvalue weighted by Gasteiger charge is 2.33. The lowest BCUT2D eigenvalue weighted by Crippen LogP contribution is -2.21. The van der Waals surface area contributed by atoms with Gasteiger partial charge in [0, 0.05) is 0 Å². The molecule has 98 valence electrons. The zero-order valence-electron chi connectivity index (χ0n) is 10.5. The molecule has 1 aliphatic rings. The predicted molar refractivity (Wildman–Crippen MR) is 66.7 cm³/mol. The lowest BCUT2D eigenvalue weighted by Gasteiger charge is -2.12. The Morgan fingerprint density at radius 2 is 1.89 bits per heavy atom. The van der Waals surface area contributed by atoms with E-state index in [4.69, 9.17) is 9.02 Å². The Morgan fingerprint density at radius 1 is 1.28 bits per heavy atom. The summed E-state index contributed by atoms with van der Waals surface area (Å²) in [6.45, 7) is 5.51. The summed E-state index contributed by atoms with van der Waals surface area (Å²) in [5.74, 6) is 0.0839. The van der Waals surface area contributed by atoms with Crippen LogP contribution in [0.5, 0.6) is 0 Å². The molecule has 0 bridgehead atoms. The summed E-state index contributed by atoms with van der Waals surface area (Å²) in [4.78, 5) is 5.16. The Hall–Kier alpha value is -1.56. The van der Waals surface area contributed by atoms with Gasteiger partial charge in [0.25, 0.3) is 0 Å². The molecule has 1 aliphatic heterocycles. The Bertz CT molecular complexity index is 573. The fourth-order valence-corrected chi connectivity index (χ4v) is 2.44. The zero-order chi connectivity index (χ0) is 13.4. The Balaban J connectivity index is 2.16. The molecule has 0 N–H and O–H groups in total. The van der Waals surface area contributed by atoms with E-state index in [0.717, 1.165) is 5.56 Å². The Labute approximate surface area is 107 Å². The maximum atomic E-state index is 12.0. The molecular weight excluding hydrogens is 254 g/mol. The largest absolute Gasteiger partial charge is 0.386 e. The van der Waals surface area contributed by atoms with E-state index in [-0.39, 0.29) is 10.8 Å². The van der Waals surface area contributed by atoms with E-state index in [0.29, 0.717) is 6.42 Å². The highest BCUT2D eigenvalue weighted by molar-refractivity contribution is 7.87. The summed E-state index contributed by atoms with van der Waals surface area (Å²) >= 11 is 0. The van der Waals surface area contributed by atoms with Crippen LogP contribution in [0.4, 0.5) is 0 Å². The van der Waals surface area contributed by atoms with E-state index < -0.39 is 15.7 Å². The molecule has 0 spiro atoms. The van der Waals surface area contributed by atoms with Gasteiger partial charge in [-0.15, -0.1) is 0 Å². The summed E-state index contributed by atoms with van der Waals surface area (Å²) < 4.78 is 28.9. The molecule has 18 heavy (non-hydrogen) atoms. The third-order valence-corrected chi connectivity index (χ3v) is 3.75. The second kappa shape index (κ2) is 4.28. The second-order valence-corrected chi connectivity index (χ2v) is 6.41. The first-order chi connectivity index (χ1) is 8.28. The summed E-state index contributed by atoms with van der Waals surface area (Å²) in [5.41, 5.74) is 0.467. The molecule has 0 saturated carbocycles. The number of hydrogen-bond donors (Lipinski definition) is 0. The molecule has 2 rings (SSSR count). The van der Waals surface area contributed by atoms with Crippen LogP contribution in [0.15, 0.2) is 34.3 Å². The van der Waals surface area contributed by atoms with Gasteiger partial charge in [-0.3, -0.25) is 0 Å². The molecule has 1 aromatic rings. The summed E-state index contributed by atoms with van der Waals surface area (Å²) in [7, 11) is -3.82. The van der Waals surface area contributed by atoms with Crippen LogP contribution in [-0.4, -0.2) is 19.9 Å². The highest BCUT2D eigenvalue weighted by Crippen LogP contribution is 2.25. The van der Waals surface area contributed by atoms with Crippen LogP contribution in [0.25, 0.3) is 0 Å². The number of benzene rings is 1. The third kappa shape index (κ3) is 2.81. The minimum absolute atomic E-state index is 0.0839. The molecule has 0 fully saturated rings. The summed E-state index contributed by atoms with van der Waals surface area (Å²) in [5, 5.41) is 3.63. The molecule has 0 radical (unpaired) electrons. The number of hydrogen-bond acceptors (Lipinski definition) is 5. The van der Waals surface area contributed by atoms with Crippen LogP contribution in [-0.2, 0) is 19.1 Å². The third-order valence-electron chi connectivity index (χ3n) is 2.49. The summed E-state index contributed by atoms with van der Waals surface area (Å²) in [6.07, 6.45) is 0.331. The minimum Gasteiger partial charge on any atom is -0.386 e. The van der Waals surface area contributed by atoms with Gasteiger partial charge in [0.15, 0.2) is 0 Å². The smallest absolute Gasteiger partial charge is 0.340 e. The average Bonchev–Trinajstić information content (AvgIpc) is 2.57. The van der Waals surface area contributed by atoms with Crippen LogP contribution in [0.1, 0.15) is 25.8 Å². The van der Waals surface area contributed by atoms with Crippen molar-refractivity contribution < 1.29 is 17.4 Å². The van der Waals surface area contributed by atoms with Crippen molar-refractivity contribution in [2.75, 3.05) is 0 Å². The van der Waals surface area contributed by atoms with Crippen molar-refractivity contribution in [3.8, 4) is 0 Å². The van der Waals surface area contributed by atoms with E-state index in [1.54, 1.807) is 12.1 Å². The number of oxime groups is 1. The monoisotopic (exact) mass is 269 g/mol. The Kier molecular flexibility index (Phi) is 3.06. The second-order valence-electron chi connectivity index (χ2n) is 4.86. The number of aryl methyl sites for hydroxylation is 1. The van der Waals surface area contributed by atoms with Crippen LogP contribution in [0.3, 0.4) is 0 Å². The molecular formula is C12H15NO4S. The van der Waals surface area contributed by atoms with Gasteiger partial charge >= 0.3 is 10.1 Å². The molecule has 0 atom stereocenters. The fourth-order valence-electron chi connectivity index (χ4n) is 1.53. The molecule has 6 heteroatoms. The van der Waals surface area contributed by atoms with Gasteiger partial charge in [-0.1, -0.05) is 17.7 Å². The maximum Gasteiger partial charge on any atom is 0.340 e. The summed E-state index contributed by atoms with van der Waals surface area (Å²) in [6, 6.07) is 6.44. The normalized spacial score (nSPS) is 18.1. The highest BCUT2D eigenvalue weighted by atomic mass is 32.2. The van der Waals surface area contributed by atoms with Crippen LogP contribution >= 0.6 is 0 Å². The maximum absolute atomic E-state index is 12.0. The zero-order valence-corrected chi connectivity index (χ0v) is 11.3. The van der Waals surface area contributed by atoms with Crippen LogP contribution < -0.4 is 0 Å². The van der Waals surface area contributed by atoms with Crippen molar-refractivity contribution in [2.24, 2.45) is 5.16 Å². The van der Waals surface area contributed by atoms with Crippen molar-refractivity contribution in [1.82, 2.24) is 0 Å². The molecule has 1 heterocycles. The van der Waals surface area contributed by atoms with Gasteiger partial charge in [0.05, 0.1) is 6.42 Å². The van der Waals surface area contributed by atoms with E-state index in [9.17, 15) is 8.42 Å².